The number of hydrogen-bond acceptors (Lipinski definition) is 13. The summed E-state index contributed by atoms with van der Waals surface area (Å²) in [5, 5.41) is 12.6. The third kappa shape index (κ3) is 11.6. The minimum atomic E-state index is -1.88. The summed E-state index contributed by atoms with van der Waals surface area (Å²) in [4.78, 5) is 33.8. The van der Waals surface area contributed by atoms with Crippen LogP contribution in [0, 0.1) is 11.3 Å². The molecule has 0 spiro atoms. The molecule has 15 nitrogen and oxygen atoms in total. The molecular formula is C38H58N7O8P. The standard InChI is InChI=1S/C38H58N7O8P/c1-14-15-18-27(6)49-24-31-32(53-54(50-22-17-20-39)45(25(2)3)26(4)5)33(48-13)35(51-31)44-23-29(34(41-36(44)46)40-28(7)42(11)12)30-19-16-21-43(30)37(47)52-38(8,9)10/h16,19,21,23,26,28,33,35H,2,6,14-15,17-18,22,24H2,1,3-5,7-13H3,(H,40,41,46)/t28?,33?,35-,54?/m1/s1. The second-order valence-electron chi connectivity index (χ2n) is 14.3. The van der Waals surface area contributed by atoms with E-state index < -0.39 is 38.2 Å². The fraction of sp³-hybridized carbons (Fsp3) is 0.579. The number of nitrogens with one attached hydrogen (secondary N) is 1. The van der Waals surface area contributed by atoms with Crippen LogP contribution in [0.15, 0.2) is 65.5 Å². The SMILES string of the molecule is C=C(CCCC)OCC1=C(OP(OCCC#N)N(C(=C)C)C(C)C)C(OC)[C@H](n2cc(-c3cccn3C(=O)OC(C)(C)C)c(NC(C)N(C)C)nc2=O)O1. The number of unbranched alkanes of at least 4 members (excludes halogenated alkanes) is 1. The summed E-state index contributed by atoms with van der Waals surface area (Å²) in [7, 11) is 3.37. The molecule has 298 valence electrons. The topological polar surface area (TPSA) is 155 Å². The van der Waals surface area contributed by atoms with Gasteiger partial charge in [0, 0.05) is 37.7 Å². The van der Waals surface area contributed by atoms with E-state index in [2.05, 4.69) is 36.5 Å². The maximum atomic E-state index is 14.0. The quantitative estimate of drug-likeness (QED) is 0.0606. The van der Waals surface area contributed by atoms with Crippen molar-refractivity contribution < 1.29 is 32.8 Å². The lowest BCUT2D eigenvalue weighted by Crippen LogP contribution is -2.37. The van der Waals surface area contributed by atoms with Gasteiger partial charge in [0.2, 0.25) is 6.23 Å². The lowest BCUT2D eigenvalue weighted by molar-refractivity contribution is -0.0377. The molecule has 0 fully saturated rings. The van der Waals surface area contributed by atoms with Crippen LogP contribution in [0.4, 0.5) is 10.6 Å². The summed E-state index contributed by atoms with van der Waals surface area (Å²) >= 11 is 0. The first kappa shape index (κ1) is 44.0. The normalized spacial score (nSPS) is 16.8. The molecule has 0 aromatic carbocycles. The highest BCUT2D eigenvalue weighted by Crippen LogP contribution is 2.52. The molecule has 0 bridgehead atoms. The summed E-state index contributed by atoms with van der Waals surface area (Å²) in [6.45, 7) is 23.4. The van der Waals surface area contributed by atoms with E-state index in [1.54, 1.807) is 45.3 Å². The number of ether oxygens (including phenoxy) is 4. The molecule has 16 heteroatoms. The van der Waals surface area contributed by atoms with Gasteiger partial charge in [-0.3, -0.25) is 18.7 Å². The van der Waals surface area contributed by atoms with Crippen molar-refractivity contribution in [2.75, 3.05) is 39.7 Å². The Labute approximate surface area is 321 Å². The van der Waals surface area contributed by atoms with Crippen molar-refractivity contribution >= 4 is 20.4 Å². The minimum absolute atomic E-state index is 0.0686. The number of aromatic nitrogens is 3. The van der Waals surface area contributed by atoms with E-state index in [4.69, 9.17) is 28.0 Å². The molecule has 0 aliphatic carbocycles. The predicted octanol–water partition coefficient (Wildman–Crippen LogP) is 7.71. The van der Waals surface area contributed by atoms with Crippen LogP contribution < -0.4 is 11.0 Å². The molecule has 0 saturated heterocycles. The van der Waals surface area contributed by atoms with E-state index in [9.17, 15) is 14.9 Å². The number of carbonyl (C=O) groups excluding carboxylic acids is 1. The molecule has 2 aromatic heterocycles. The Morgan fingerprint density at radius 2 is 1.94 bits per heavy atom. The largest absolute Gasteiger partial charge is 0.491 e. The molecule has 0 amide bonds. The Bertz CT molecular complexity index is 1740. The predicted molar refractivity (Wildman–Crippen MR) is 209 cm³/mol. The molecule has 1 N–H and O–H groups in total. The van der Waals surface area contributed by atoms with Gasteiger partial charge in [0.1, 0.15) is 18.0 Å². The summed E-state index contributed by atoms with van der Waals surface area (Å²) in [5.41, 5.74) is 0.135. The Kier molecular flexibility index (Phi) is 16.2. The molecule has 54 heavy (non-hydrogen) atoms. The number of nitrogens with zero attached hydrogens (tertiary/aromatic N) is 6. The highest BCUT2D eigenvalue weighted by Gasteiger charge is 2.44. The maximum Gasteiger partial charge on any atom is 0.418 e. The molecule has 0 radical (unpaired) electrons. The van der Waals surface area contributed by atoms with E-state index in [1.807, 2.05) is 51.4 Å². The third-order valence-electron chi connectivity index (χ3n) is 8.13. The molecule has 2 aromatic rings. The van der Waals surface area contributed by atoms with Gasteiger partial charge in [-0.1, -0.05) is 26.5 Å². The van der Waals surface area contributed by atoms with Gasteiger partial charge in [-0.15, -0.1) is 0 Å². The number of rotatable bonds is 20. The summed E-state index contributed by atoms with van der Waals surface area (Å²) in [5.74, 6) is 1.32. The van der Waals surface area contributed by atoms with E-state index >= 15 is 0 Å². The Hall–Kier alpha value is -4.35. The first-order valence-electron chi connectivity index (χ1n) is 18.1. The van der Waals surface area contributed by atoms with Crippen molar-refractivity contribution in [3.05, 3.63) is 71.1 Å². The van der Waals surface area contributed by atoms with Gasteiger partial charge in [0.05, 0.1) is 42.3 Å². The van der Waals surface area contributed by atoms with Crippen LogP contribution >= 0.6 is 8.53 Å². The van der Waals surface area contributed by atoms with Crippen molar-refractivity contribution in [1.82, 2.24) is 23.7 Å². The van der Waals surface area contributed by atoms with Crippen LogP contribution in [-0.2, 0) is 28.0 Å². The second-order valence-corrected chi connectivity index (χ2v) is 15.7. The van der Waals surface area contributed by atoms with Gasteiger partial charge < -0.3 is 33.3 Å². The number of nitriles is 1. The van der Waals surface area contributed by atoms with Crippen LogP contribution in [0.25, 0.3) is 11.3 Å². The van der Waals surface area contributed by atoms with E-state index in [0.29, 0.717) is 29.1 Å². The lowest BCUT2D eigenvalue weighted by Gasteiger charge is -2.35. The number of allylic oxidation sites excluding steroid dienone is 2. The van der Waals surface area contributed by atoms with E-state index in [-0.39, 0.29) is 49.2 Å². The molecule has 3 rings (SSSR count). The fourth-order valence-corrected chi connectivity index (χ4v) is 6.85. The zero-order valence-corrected chi connectivity index (χ0v) is 34.6. The molecule has 3 unspecified atom stereocenters. The minimum Gasteiger partial charge on any atom is -0.491 e. The zero-order valence-electron chi connectivity index (χ0n) is 33.7. The average Bonchev–Trinajstić information content (AvgIpc) is 3.70. The average molecular weight is 772 g/mol. The summed E-state index contributed by atoms with van der Waals surface area (Å²) in [6.07, 6.45) is 2.88. The van der Waals surface area contributed by atoms with Crippen molar-refractivity contribution in [2.24, 2.45) is 0 Å². The molecule has 1 aliphatic rings. The highest BCUT2D eigenvalue weighted by atomic mass is 31.2. The molecule has 3 heterocycles. The number of hydrogen-bond donors (Lipinski definition) is 1. The third-order valence-corrected chi connectivity index (χ3v) is 10.0. The van der Waals surface area contributed by atoms with Crippen LogP contribution in [0.1, 0.15) is 87.3 Å². The van der Waals surface area contributed by atoms with Crippen LogP contribution in [0.2, 0.25) is 0 Å². The Morgan fingerprint density at radius 3 is 2.52 bits per heavy atom. The Morgan fingerprint density at radius 1 is 1.24 bits per heavy atom. The number of carbonyl (C=O) groups is 1. The Balaban J connectivity index is 2.21. The van der Waals surface area contributed by atoms with Gasteiger partial charge in [0.15, 0.2) is 17.6 Å². The van der Waals surface area contributed by atoms with Crippen molar-refractivity contribution in [2.45, 2.75) is 111 Å². The van der Waals surface area contributed by atoms with Gasteiger partial charge in [-0.05, 0) is 81.1 Å². The highest BCUT2D eigenvalue weighted by molar-refractivity contribution is 7.44. The number of anilines is 1. The first-order chi connectivity index (χ1) is 25.4. The molecule has 4 atom stereocenters. The fourth-order valence-electron chi connectivity index (χ4n) is 5.30. The van der Waals surface area contributed by atoms with Gasteiger partial charge in [-0.2, -0.15) is 10.2 Å². The van der Waals surface area contributed by atoms with E-state index in [0.717, 1.165) is 12.8 Å². The van der Waals surface area contributed by atoms with Gasteiger partial charge in [0.25, 0.3) is 0 Å². The smallest absolute Gasteiger partial charge is 0.418 e. The van der Waals surface area contributed by atoms with E-state index in [1.165, 1.54) is 16.2 Å². The lowest BCUT2D eigenvalue weighted by atomic mass is 10.2. The summed E-state index contributed by atoms with van der Waals surface area (Å²) in [6, 6.07) is 5.47. The van der Waals surface area contributed by atoms with Gasteiger partial charge >= 0.3 is 20.3 Å². The van der Waals surface area contributed by atoms with Crippen molar-refractivity contribution in [1.29, 1.82) is 5.26 Å². The molecule has 0 saturated carbocycles. The number of methoxy groups -OCH3 is 1. The van der Waals surface area contributed by atoms with Crippen LogP contribution in [0.5, 0.6) is 0 Å². The first-order valence-corrected chi connectivity index (χ1v) is 19.2. The summed E-state index contributed by atoms with van der Waals surface area (Å²) < 4.78 is 41.7. The van der Waals surface area contributed by atoms with Gasteiger partial charge in [-0.25, -0.2) is 9.59 Å². The van der Waals surface area contributed by atoms with Crippen molar-refractivity contribution in [3.63, 3.8) is 0 Å². The second kappa shape index (κ2) is 19.8. The van der Waals surface area contributed by atoms with Crippen LogP contribution in [-0.4, -0.2) is 88.1 Å². The zero-order chi connectivity index (χ0) is 40.3. The molecular weight excluding hydrogens is 713 g/mol. The van der Waals surface area contributed by atoms with Crippen LogP contribution in [0.3, 0.4) is 0 Å². The maximum absolute atomic E-state index is 14.0. The van der Waals surface area contributed by atoms with Crippen molar-refractivity contribution in [3.8, 4) is 17.3 Å². The molecule has 1 aliphatic heterocycles. The monoisotopic (exact) mass is 771 g/mol.